The number of hydrogen-bond donors (Lipinski definition) is 2. The SMILES string of the molecule is CCCCCCCC(NC(=O)OC1CCCC1)C(=O)O.Cl. The maximum Gasteiger partial charge on any atom is 0.408 e. The number of ether oxygens (including phenoxy) is 1. The van der Waals surface area contributed by atoms with E-state index in [9.17, 15) is 9.59 Å². The predicted octanol–water partition coefficient (Wildman–Crippen LogP) is 3.89. The van der Waals surface area contributed by atoms with Gasteiger partial charge < -0.3 is 15.2 Å². The summed E-state index contributed by atoms with van der Waals surface area (Å²) in [5.74, 6) is -0.983. The summed E-state index contributed by atoms with van der Waals surface area (Å²) < 4.78 is 5.22. The molecule has 0 aliphatic heterocycles. The minimum atomic E-state index is -0.983. The van der Waals surface area contributed by atoms with Crippen molar-refractivity contribution in [3.8, 4) is 0 Å². The van der Waals surface area contributed by atoms with Gasteiger partial charge in [0.05, 0.1) is 0 Å². The quantitative estimate of drug-likeness (QED) is 0.632. The number of hydrogen-bond acceptors (Lipinski definition) is 3. The molecule has 0 aromatic rings. The molecule has 5 nitrogen and oxygen atoms in total. The van der Waals surface area contributed by atoms with Crippen LogP contribution in [0.2, 0.25) is 0 Å². The number of carboxylic acids is 1. The van der Waals surface area contributed by atoms with E-state index < -0.39 is 18.1 Å². The molecule has 2 N–H and O–H groups in total. The maximum absolute atomic E-state index is 11.7. The minimum absolute atomic E-state index is 0. The molecular weight excluding hydrogens is 294 g/mol. The van der Waals surface area contributed by atoms with Gasteiger partial charge in [0.15, 0.2) is 0 Å². The molecule has 0 saturated heterocycles. The van der Waals surface area contributed by atoms with Crippen molar-refractivity contribution in [1.82, 2.24) is 5.32 Å². The van der Waals surface area contributed by atoms with Gasteiger partial charge in [-0.3, -0.25) is 0 Å². The third kappa shape index (κ3) is 8.81. The van der Waals surface area contributed by atoms with Crippen LogP contribution in [0.1, 0.15) is 71.1 Å². The Morgan fingerprint density at radius 3 is 2.38 bits per heavy atom. The Balaban J connectivity index is 0.00000400. The molecule has 1 aliphatic carbocycles. The lowest BCUT2D eigenvalue weighted by Crippen LogP contribution is -2.42. The molecule has 0 spiro atoms. The number of aliphatic carboxylic acids is 1. The highest BCUT2D eigenvalue weighted by Crippen LogP contribution is 2.21. The average Bonchev–Trinajstić information content (AvgIpc) is 2.89. The Bertz CT molecular complexity index is 306. The first-order valence-electron chi connectivity index (χ1n) is 7.83. The summed E-state index contributed by atoms with van der Waals surface area (Å²) >= 11 is 0. The fraction of sp³-hybridized carbons (Fsp3) is 0.867. The number of carbonyl (C=O) groups is 2. The minimum Gasteiger partial charge on any atom is -0.480 e. The van der Waals surface area contributed by atoms with E-state index in [0.717, 1.165) is 51.4 Å². The standard InChI is InChI=1S/C15H27NO4.ClH/c1-2-3-4-5-6-11-13(14(17)18)16-15(19)20-12-9-7-8-10-12;/h12-13H,2-11H2,1H3,(H,16,19)(H,17,18);1H. The van der Waals surface area contributed by atoms with Crippen LogP contribution in [-0.2, 0) is 9.53 Å². The fourth-order valence-corrected chi connectivity index (χ4v) is 2.54. The van der Waals surface area contributed by atoms with Crippen molar-refractivity contribution in [2.24, 2.45) is 0 Å². The van der Waals surface area contributed by atoms with Crippen LogP contribution < -0.4 is 5.32 Å². The summed E-state index contributed by atoms with van der Waals surface area (Å²) in [6, 6.07) is -0.828. The monoisotopic (exact) mass is 321 g/mol. The molecule has 124 valence electrons. The molecule has 0 aromatic heterocycles. The molecule has 1 unspecified atom stereocenters. The fourth-order valence-electron chi connectivity index (χ4n) is 2.54. The second-order valence-electron chi connectivity index (χ2n) is 5.55. The van der Waals surface area contributed by atoms with E-state index in [0.29, 0.717) is 6.42 Å². The molecular formula is C15H28ClNO4. The molecule has 0 aromatic carbocycles. The molecule has 0 radical (unpaired) electrons. The van der Waals surface area contributed by atoms with Crippen molar-refractivity contribution in [2.75, 3.05) is 0 Å². The van der Waals surface area contributed by atoms with Crippen molar-refractivity contribution in [2.45, 2.75) is 83.3 Å². The Hall–Kier alpha value is -0.970. The van der Waals surface area contributed by atoms with E-state index in [2.05, 4.69) is 12.2 Å². The number of carboxylic acid groups (broad SMARTS) is 1. The van der Waals surface area contributed by atoms with Gasteiger partial charge >= 0.3 is 12.1 Å². The third-order valence-corrected chi connectivity index (χ3v) is 3.76. The van der Waals surface area contributed by atoms with Gasteiger partial charge in [-0.1, -0.05) is 39.0 Å². The van der Waals surface area contributed by atoms with Gasteiger partial charge in [0.2, 0.25) is 0 Å². The topological polar surface area (TPSA) is 75.6 Å². The molecule has 0 heterocycles. The first kappa shape index (κ1) is 20.0. The predicted molar refractivity (Wildman–Crippen MR) is 83.9 cm³/mol. The average molecular weight is 322 g/mol. The highest BCUT2D eigenvalue weighted by molar-refractivity contribution is 5.85. The molecule has 1 amide bonds. The summed E-state index contributed by atoms with van der Waals surface area (Å²) in [5.41, 5.74) is 0. The van der Waals surface area contributed by atoms with Crippen LogP contribution in [-0.4, -0.2) is 29.3 Å². The van der Waals surface area contributed by atoms with Crippen LogP contribution >= 0.6 is 12.4 Å². The van der Waals surface area contributed by atoms with Gasteiger partial charge in [0, 0.05) is 0 Å². The molecule has 1 saturated carbocycles. The number of unbranched alkanes of at least 4 members (excludes halogenated alkanes) is 4. The van der Waals surface area contributed by atoms with Crippen molar-refractivity contribution >= 4 is 24.5 Å². The van der Waals surface area contributed by atoms with E-state index in [1.54, 1.807) is 0 Å². The summed E-state index contributed by atoms with van der Waals surface area (Å²) in [6.45, 7) is 2.14. The highest BCUT2D eigenvalue weighted by Gasteiger charge is 2.23. The van der Waals surface area contributed by atoms with E-state index >= 15 is 0 Å². The first-order chi connectivity index (χ1) is 9.63. The van der Waals surface area contributed by atoms with Gasteiger partial charge in [0.1, 0.15) is 12.1 Å². The van der Waals surface area contributed by atoms with Crippen molar-refractivity contribution in [3.05, 3.63) is 0 Å². The van der Waals surface area contributed by atoms with Gasteiger partial charge in [-0.25, -0.2) is 9.59 Å². The van der Waals surface area contributed by atoms with Crippen LogP contribution in [0.3, 0.4) is 0 Å². The van der Waals surface area contributed by atoms with Crippen LogP contribution in [0.15, 0.2) is 0 Å². The normalized spacial score (nSPS) is 16.0. The molecule has 1 rings (SSSR count). The molecule has 1 fully saturated rings. The molecule has 1 aliphatic rings. The second-order valence-corrected chi connectivity index (χ2v) is 5.55. The molecule has 21 heavy (non-hydrogen) atoms. The number of rotatable bonds is 9. The van der Waals surface area contributed by atoms with Gasteiger partial charge in [-0.2, -0.15) is 0 Å². The lowest BCUT2D eigenvalue weighted by atomic mass is 10.1. The Kier molecular flexibility index (Phi) is 11.1. The Morgan fingerprint density at radius 2 is 1.81 bits per heavy atom. The van der Waals surface area contributed by atoms with E-state index in [1.165, 1.54) is 6.42 Å². The van der Waals surface area contributed by atoms with E-state index in [1.807, 2.05) is 0 Å². The number of alkyl carbamates (subject to hydrolysis) is 1. The molecule has 6 heteroatoms. The number of nitrogens with one attached hydrogen (secondary N) is 1. The lowest BCUT2D eigenvalue weighted by Gasteiger charge is -2.17. The summed E-state index contributed by atoms with van der Waals surface area (Å²) in [4.78, 5) is 22.8. The maximum atomic E-state index is 11.7. The molecule has 1 atom stereocenters. The van der Waals surface area contributed by atoms with Gasteiger partial charge in [0.25, 0.3) is 0 Å². The first-order valence-corrected chi connectivity index (χ1v) is 7.83. The second kappa shape index (κ2) is 11.7. The smallest absolute Gasteiger partial charge is 0.408 e. The van der Waals surface area contributed by atoms with Crippen LogP contribution in [0, 0.1) is 0 Å². The lowest BCUT2D eigenvalue weighted by molar-refractivity contribution is -0.139. The zero-order valence-electron chi connectivity index (χ0n) is 12.8. The van der Waals surface area contributed by atoms with Crippen LogP contribution in [0.5, 0.6) is 0 Å². The number of carbonyl (C=O) groups excluding carboxylic acids is 1. The van der Waals surface area contributed by atoms with E-state index in [-0.39, 0.29) is 18.5 Å². The van der Waals surface area contributed by atoms with Crippen LogP contribution in [0.25, 0.3) is 0 Å². The summed E-state index contributed by atoms with van der Waals surface area (Å²) in [7, 11) is 0. The van der Waals surface area contributed by atoms with Crippen molar-refractivity contribution in [1.29, 1.82) is 0 Å². The Morgan fingerprint density at radius 1 is 1.19 bits per heavy atom. The van der Waals surface area contributed by atoms with Gasteiger partial charge in [-0.15, -0.1) is 12.4 Å². The third-order valence-electron chi connectivity index (χ3n) is 3.76. The zero-order valence-corrected chi connectivity index (χ0v) is 13.6. The largest absolute Gasteiger partial charge is 0.480 e. The number of amides is 1. The number of halogens is 1. The highest BCUT2D eigenvalue weighted by atomic mass is 35.5. The Labute approximate surface area is 133 Å². The van der Waals surface area contributed by atoms with E-state index in [4.69, 9.17) is 9.84 Å². The van der Waals surface area contributed by atoms with Crippen LogP contribution in [0.4, 0.5) is 4.79 Å². The summed E-state index contributed by atoms with van der Waals surface area (Å²) in [5, 5.41) is 11.6. The molecule has 0 bridgehead atoms. The van der Waals surface area contributed by atoms with Gasteiger partial charge in [-0.05, 0) is 32.1 Å². The summed E-state index contributed by atoms with van der Waals surface area (Å²) in [6.07, 6.45) is 9.08. The van der Waals surface area contributed by atoms with Crippen molar-refractivity contribution in [3.63, 3.8) is 0 Å². The zero-order chi connectivity index (χ0) is 14.8. The van der Waals surface area contributed by atoms with Crippen molar-refractivity contribution < 1.29 is 19.4 Å².